The summed E-state index contributed by atoms with van der Waals surface area (Å²) in [7, 11) is 0. The van der Waals surface area contributed by atoms with Crippen molar-refractivity contribution >= 4 is 41.3 Å². The van der Waals surface area contributed by atoms with Crippen LogP contribution in [0.4, 0.5) is 0 Å². The summed E-state index contributed by atoms with van der Waals surface area (Å²) in [6.45, 7) is 6.83. The fraction of sp³-hybridized carbons (Fsp3) is 0.444. The summed E-state index contributed by atoms with van der Waals surface area (Å²) < 4.78 is 0. The van der Waals surface area contributed by atoms with E-state index in [1.807, 2.05) is 45.0 Å². The summed E-state index contributed by atoms with van der Waals surface area (Å²) in [5, 5.41) is 4.60. The molecule has 0 radical (unpaired) electrons. The molecule has 0 spiro atoms. The van der Waals surface area contributed by atoms with Gasteiger partial charge in [-0.25, -0.2) is 4.98 Å². The predicted molar refractivity (Wildman–Crippen MR) is 108 cm³/mol. The predicted octanol–water partition coefficient (Wildman–Crippen LogP) is 4.58. The number of amides is 1. The molecule has 138 valence electrons. The van der Waals surface area contributed by atoms with Gasteiger partial charge in [0.2, 0.25) is 5.91 Å². The number of nitrogens with zero attached hydrogens (tertiary/aromatic N) is 1. The van der Waals surface area contributed by atoms with Crippen LogP contribution in [-0.4, -0.2) is 17.4 Å². The quantitative estimate of drug-likeness (QED) is 0.713. The Bertz CT molecular complexity index is 689. The molecule has 1 amide bonds. The van der Waals surface area contributed by atoms with Gasteiger partial charge in [-0.05, 0) is 31.9 Å². The van der Waals surface area contributed by atoms with E-state index in [0.29, 0.717) is 18.1 Å². The van der Waals surface area contributed by atoms with Gasteiger partial charge in [-0.3, -0.25) is 4.79 Å². The van der Waals surface area contributed by atoms with Gasteiger partial charge in [0.05, 0.1) is 17.7 Å². The Morgan fingerprint density at radius 1 is 1.28 bits per heavy atom. The standard InChI is InChI=1S/C18H24ClN3OS.ClH/c1-4-18(5-2,11-20)17(23)21-10-15-22-16(12(3)24-15)13-6-8-14(19)9-7-13;/h6-9H,4-5,10-11,20H2,1-3H3,(H,21,23);1H. The molecule has 0 aliphatic rings. The Morgan fingerprint density at radius 2 is 1.88 bits per heavy atom. The Labute approximate surface area is 164 Å². The number of benzene rings is 1. The molecule has 0 bridgehead atoms. The van der Waals surface area contributed by atoms with E-state index in [0.717, 1.165) is 34.0 Å². The molecule has 1 heterocycles. The molecule has 25 heavy (non-hydrogen) atoms. The number of carbonyl (C=O) groups is 1. The largest absolute Gasteiger partial charge is 0.349 e. The van der Waals surface area contributed by atoms with Crippen LogP contribution in [0.5, 0.6) is 0 Å². The van der Waals surface area contributed by atoms with Crippen LogP contribution < -0.4 is 11.1 Å². The zero-order valence-corrected chi connectivity index (χ0v) is 17.2. The third kappa shape index (κ3) is 4.94. The van der Waals surface area contributed by atoms with Gasteiger partial charge >= 0.3 is 0 Å². The van der Waals surface area contributed by atoms with Gasteiger partial charge in [-0.15, -0.1) is 23.7 Å². The lowest BCUT2D eigenvalue weighted by molar-refractivity contribution is -0.131. The van der Waals surface area contributed by atoms with E-state index in [1.54, 1.807) is 11.3 Å². The highest BCUT2D eigenvalue weighted by Crippen LogP contribution is 2.29. The Morgan fingerprint density at radius 3 is 2.40 bits per heavy atom. The highest BCUT2D eigenvalue weighted by molar-refractivity contribution is 7.12. The molecular weight excluding hydrogens is 377 g/mol. The third-order valence-corrected chi connectivity index (χ3v) is 5.81. The first-order valence-corrected chi connectivity index (χ1v) is 9.35. The number of halogens is 2. The van der Waals surface area contributed by atoms with Gasteiger partial charge in [0.15, 0.2) is 0 Å². The van der Waals surface area contributed by atoms with Gasteiger partial charge in [-0.1, -0.05) is 37.6 Å². The lowest BCUT2D eigenvalue weighted by Gasteiger charge is -2.28. The number of thiazole rings is 1. The topological polar surface area (TPSA) is 68.0 Å². The zero-order chi connectivity index (χ0) is 17.7. The monoisotopic (exact) mass is 401 g/mol. The highest BCUT2D eigenvalue weighted by atomic mass is 35.5. The highest BCUT2D eigenvalue weighted by Gasteiger charge is 2.33. The van der Waals surface area contributed by atoms with Crippen molar-refractivity contribution in [1.82, 2.24) is 10.3 Å². The third-order valence-electron chi connectivity index (χ3n) is 4.58. The molecule has 7 heteroatoms. The van der Waals surface area contributed by atoms with Crippen LogP contribution in [0.3, 0.4) is 0 Å². The molecule has 4 nitrogen and oxygen atoms in total. The van der Waals surface area contributed by atoms with E-state index in [2.05, 4.69) is 10.3 Å². The minimum absolute atomic E-state index is 0. The summed E-state index contributed by atoms with van der Waals surface area (Å²) in [5.74, 6) is 0.0101. The van der Waals surface area contributed by atoms with Gasteiger partial charge in [0.1, 0.15) is 5.01 Å². The molecular formula is C18H25Cl2N3OS. The van der Waals surface area contributed by atoms with Crippen molar-refractivity contribution in [3.05, 3.63) is 39.2 Å². The lowest BCUT2D eigenvalue weighted by atomic mass is 9.81. The minimum atomic E-state index is -0.481. The summed E-state index contributed by atoms with van der Waals surface area (Å²) in [4.78, 5) is 18.3. The number of aryl methyl sites for hydroxylation is 1. The number of carbonyl (C=O) groups excluding carboxylic acids is 1. The first-order chi connectivity index (χ1) is 11.5. The van der Waals surface area contributed by atoms with Crippen molar-refractivity contribution in [3.8, 4) is 11.3 Å². The van der Waals surface area contributed by atoms with Crippen molar-refractivity contribution in [2.75, 3.05) is 6.54 Å². The second kappa shape index (κ2) is 9.53. The lowest BCUT2D eigenvalue weighted by Crippen LogP contribution is -2.45. The van der Waals surface area contributed by atoms with E-state index in [1.165, 1.54) is 0 Å². The SMILES string of the molecule is CCC(CC)(CN)C(=O)NCc1nc(-c2ccc(Cl)cc2)c(C)s1.Cl. The molecule has 2 aromatic rings. The molecule has 0 atom stereocenters. The first-order valence-electron chi connectivity index (χ1n) is 8.16. The van der Waals surface area contributed by atoms with Crippen LogP contribution in [0.1, 0.15) is 36.6 Å². The number of rotatable bonds is 7. The van der Waals surface area contributed by atoms with Crippen LogP contribution in [0.25, 0.3) is 11.3 Å². The minimum Gasteiger partial charge on any atom is -0.349 e. The molecule has 1 aromatic carbocycles. The maximum atomic E-state index is 12.5. The molecule has 0 aliphatic heterocycles. The van der Waals surface area contributed by atoms with Crippen molar-refractivity contribution in [2.24, 2.45) is 11.1 Å². The maximum absolute atomic E-state index is 12.5. The number of hydrogen-bond donors (Lipinski definition) is 2. The first kappa shape index (κ1) is 21.9. The van der Waals surface area contributed by atoms with Crippen molar-refractivity contribution in [2.45, 2.75) is 40.2 Å². The number of nitrogens with one attached hydrogen (secondary N) is 1. The zero-order valence-electron chi connectivity index (χ0n) is 14.8. The van der Waals surface area contributed by atoms with E-state index in [-0.39, 0.29) is 18.3 Å². The molecule has 0 aliphatic carbocycles. The summed E-state index contributed by atoms with van der Waals surface area (Å²) >= 11 is 7.54. The Hall–Kier alpha value is -1.14. The smallest absolute Gasteiger partial charge is 0.227 e. The second-order valence-electron chi connectivity index (χ2n) is 5.89. The molecule has 0 saturated heterocycles. The summed E-state index contributed by atoms with van der Waals surface area (Å²) in [6.07, 6.45) is 1.47. The Kier molecular flexibility index (Phi) is 8.35. The normalized spacial score (nSPS) is 11.1. The molecule has 2 rings (SSSR count). The molecule has 0 fully saturated rings. The molecule has 1 aromatic heterocycles. The average molecular weight is 402 g/mol. The van der Waals surface area contributed by atoms with E-state index in [4.69, 9.17) is 17.3 Å². The summed E-state index contributed by atoms with van der Waals surface area (Å²) in [5.41, 5.74) is 7.32. The van der Waals surface area contributed by atoms with Crippen LogP contribution >= 0.6 is 35.3 Å². The number of nitrogens with two attached hydrogens (primary N) is 1. The van der Waals surface area contributed by atoms with Gasteiger partial charge < -0.3 is 11.1 Å². The van der Waals surface area contributed by atoms with Crippen LogP contribution in [0, 0.1) is 12.3 Å². The molecule has 0 unspecified atom stereocenters. The van der Waals surface area contributed by atoms with Crippen molar-refractivity contribution in [3.63, 3.8) is 0 Å². The second-order valence-corrected chi connectivity index (χ2v) is 7.62. The van der Waals surface area contributed by atoms with Crippen LogP contribution in [0.2, 0.25) is 5.02 Å². The maximum Gasteiger partial charge on any atom is 0.227 e. The molecule has 3 N–H and O–H groups in total. The van der Waals surface area contributed by atoms with Gasteiger partial charge in [-0.2, -0.15) is 0 Å². The van der Waals surface area contributed by atoms with Crippen LogP contribution in [0.15, 0.2) is 24.3 Å². The summed E-state index contributed by atoms with van der Waals surface area (Å²) in [6, 6.07) is 7.63. The number of hydrogen-bond acceptors (Lipinski definition) is 4. The van der Waals surface area contributed by atoms with Crippen molar-refractivity contribution in [1.29, 1.82) is 0 Å². The fourth-order valence-corrected chi connectivity index (χ4v) is 3.72. The van der Waals surface area contributed by atoms with Gasteiger partial charge in [0, 0.05) is 22.0 Å². The Balaban J connectivity index is 0.00000312. The van der Waals surface area contributed by atoms with Crippen LogP contribution in [-0.2, 0) is 11.3 Å². The van der Waals surface area contributed by atoms with E-state index < -0.39 is 5.41 Å². The van der Waals surface area contributed by atoms with E-state index in [9.17, 15) is 4.79 Å². The van der Waals surface area contributed by atoms with Gasteiger partial charge in [0.25, 0.3) is 0 Å². The fourth-order valence-electron chi connectivity index (χ4n) is 2.70. The number of aromatic nitrogens is 1. The molecule has 0 saturated carbocycles. The van der Waals surface area contributed by atoms with E-state index >= 15 is 0 Å². The van der Waals surface area contributed by atoms with Crippen molar-refractivity contribution < 1.29 is 4.79 Å². The average Bonchev–Trinajstić information content (AvgIpc) is 2.96.